The van der Waals surface area contributed by atoms with Crippen LogP contribution in [0.15, 0.2) is 28.8 Å². The minimum atomic E-state index is -0.920. The number of rotatable bonds is 4. The van der Waals surface area contributed by atoms with Crippen LogP contribution >= 0.6 is 0 Å². The van der Waals surface area contributed by atoms with Crippen molar-refractivity contribution in [2.75, 3.05) is 6.54 Å². The van der Waals surface area contributed by atoms with E-state index in [1.165, 1.54) is 0 Å². The molecule has 122 valence electrons. The Hall–Kier alpha value is -1.92. The van der Waals surface area contributed by atoms with Crippen molar-refractivity contribution in [1.29, 1.82) is 0 Å². The van der Waals surface area contributed by atoms with Crippen LogP contribution in [0.25, 0.3) is 11.0 Å². The van der Waals surface area contributed by atoms with Crippen molar-refractivity contribution in [2.45, 2.75) is 43.7 Å². The van der Waals surface area contributed by atoms with Crippen LogP contribution in [0.1, 0.15) is 31.4 Å². The van der Waals surface area contributed by atoms with E-state index in [1.54, 1.807) is 0 Å². The van der Waals surface area contributed by atoms with Gasteiger partial charge in [0.25, 0.3) is 0 Å². The van der Waals surface area contributed by atoms with Crippen LogP contribution in [0.5, 0.6) is 0 Å². The van der Waals surface area contributed by atoms with Gasteiger partial charge in [-0.05, 0) is 25.0 Å². The normalized spacial score (nSPS) is 28.3. The number of aliphatic hydroxyl groups excluding tert-OH is 1. The van der Waals surface area contributed by atoms with E-state index in [9.17, 15) is 9.90 Å². The van der Waals surface area contributed by atoms with Crippen molar-refractivity contribution in [3.8, 4) is 0 Å². The Morgan fingerprint density at radius 3 is 2.91 bits per heavy atom. The molecule has 0 aliphatic heterocycles. The van der Waals surface area contributed by atoms with Gasteiger partial charge in [-0.15, -0.1) is 0 Å². The third-order valence-electron chi connectivity index (χ3n) is 5.79. The second kappa shape index (κ2) is 5.04. The third-order valence-corrected chi connectivity index (χ3v) is 5.79. The molecule has 0 radical (unpaired) electrons. The Bertz CT molecular complexity index is 752. The Balaban J connectivity index is 1.39. The van der Waals surface area contributed by atoms with Crippen LogP contribution in [0.3, 0.4) is 0 Å². The van der Waals surface area contributed by atoms with Crippen LogP contribution in [0, 0.1) is 5.41 Å². The lowest BCUT2D eigenvalue weighted by Gasteiger charge is -2.64. The average Bonchev–Trinajstić information content (AvgIpc) is 2.88. The van der Waals surface area contributed by atoms with E-state index in [0.29, 0.717) is 19.4 Å². The quantitative estimate of drug-likeness (QED) is 0.785. The topological polar surface area (TPSA) is 101 Å². The Kier molecular flexibility index (Phi) is 3.21. The minimum absolute atomic E-state index is 0.157. The van der Waals surface area contributed by atoms with Gasteiger partial charge >= 0.3 is 0 Å². The second-order valence-corrected chi connectivity index (χ2v) is 6.83. The number of nitrogens with one attached hydrogen (secondary N) is 1. The van der Waals surface area contributed by atoms with Gasteiger partial charge in [-0.1, -0.05) is 23.7 Å². The van der Waals surface area contributed by atoms with E-state index in [2.05, 4.69) is 10.5 Å². The number of para-hydroxylation sites is 1. The van der Waals surface area contributed by atoms with Crippen molar-refractivity contribution >= 4 is 16.9 Å². The fraction of sp³-hybridized carbons (Fsp3) is 0.529. The predicted octanol–water partition coefficient (Wildman–Crippen LogP) is 1.12. The molecule has 4 rings (SSSR count). The maximum Gasteiger partial charge on any atom is 0.240 e. The Labute approximate surface area is 134 Å². The Morgan fingerprint density at radius 1 is 1.43 bits per heavy atom. The maximum absolute atomic E-state index is 12.5. The molecule has 1 aromatic heterocycles. The van der Waals surface area contributed by atoms with Crippen molar-refractivity contribution in [3.05, 3.63) is 30.0 Å². The van der Waals surface area contributed by atoms with Crippen LogP contribution in [-0.4, -0.2) is 34.4 Å². The monoisotopic (exact) mass is 315 g/mol. The van der Waals surface area contributed by atoms with Crippen molar-refractivity contribution < 1.29 is 14.4 Å². The summed E-state index contributed by atoms with van der Waals surface area (Å²) in [4.78, 5) is 12.5. The number of aromatic nitrogens is 1. The summed E-state index contributed by atoms with van der Waals surface area (Å²) >= 11 is 0. The molecule has 0 unspecified atom stereocenters. The van der Waals surface area contributed by atoms with Gasteiger partial charge in [-0.3, -0.25) is 4.79 Å². The van der Waals surface area contributed by atoms with Gasteiger partial charge < -0.3 is 20.7 Å². The third kappa shape index (κ3) is 1.95. The smallest absolute Gasteiger partial charge is 0.240 e. The zero-order valence-corrected chi connectivity index (χ0v) is 12.9. The van der Waals surface area contributed by atoms with E-state index in [-0.39, 0.29) is 5.91 Å². The Morgan fingerprint density at radius 2 is 2.22 bits per heavy atom. The molecular weight excluding hydrogens is 294 g/mol. The first-order valence-electron chi connectivity index (χ1n) is 8.15. The summed E-state index contributed by atoms with van der Waals surface area (Å²) in [5.41, 5.74) is 6.59. The fourth-order valence-electron chi connectivity index (χ4n) is 4.10. The molecule has 23 heavy (non-hydrogen) atoms. The summed E-state index contributed by atoms with van der Waals surface area (Å²) in [5, 5.41) is 18.0. The summed E-state index contributed by atoms with van der Waals surface area (Å²) in [5.74, 6) is -0.157. The molecule has 1 amide bonds. The van der Waals surface area contributed by atoms with Crippen LogP contribution < -0.4 is 11.1 Å². The molecule has 6 nitrogen and oxygen atoms in total. The lowest BCUT2D eigenvalue weighted by Crippen LogP contribution is -2.79. The first-order valence-corrected chi connectivity index (χ1v) is 8.15. The number of fused-ring (bicyclic) bond motifs is 1. The molecule has 2 atom stereocenters. The highest BCUT2D eigenvalue weighted by Gasteiger charge is 2.69. The summed E-state index contributed by atoms with van der Waals surface area (Å²) in [7, 11) is 0. The van der Waals surface area contributed by atoms with E-state index in [4.69, 9.17) is 10.3 Å². The summed E-state index contributed by atoms with van der Waals surface area (Å²) in [6, 6.07) is 7.66. The molecule has 2 aliphatic rings. The summed E-state index contributed by atoms with van der Waals surface area (Å²) in [6.45, 7) is 0.459. The van der Waals surface area contributed by atoms with E-state index in [1.807, 2.05) is 24.3 Å². The number of hydrogen-bond donors (Lipinski definition) is 3. The molecule has 2 saturated carbocycles. The van der Waals surface area contributed by atoms with Crippen LogP contribution in [-0.2, 0) is 11.2 Å². The molecule has 0 bridgehead atoms. The van der Waals surface area contributed by atoms with Gasteiger partial charge in [0.15, 0.2) is 5.58 Å². The molecule has 1 spiro atoms. The first-order chi connectivity index (χ1) is 11.1. The fourth-order valence-corrected chi connectivity index (χ4v) is 4.10. The zero-order valence-electron chi connectivity index (χ0n) is 12.9. The number of hydrogen-bond acceptors (Lipinski definition) is 5. The van der Waals surface area contributed by atoms with Gasteiger partial charge in [0, 0.05) is 30.2 Å². The van der Waals surface area contributed by atoms with Crippen molar-refractivity contribution in [1.82, 2.24) is 10.5 Å². The number of nitrogens with two attached hydrogens (primary N) is 1. The average molecular weight is 315 g/mol. The highest BCUT2D eigenvalue weighted by Crippen LogP contribution is 2.60. The number of carbonyl (C=O) groups is 1. The molecule has 1 heterocycles. The van der Waals surface area contributed by atoms with Crippen LogP contribution in [0.4, 0.5) is 0 Å². The SMILES string of the molecule is N[C@]1(C(=O)NCCc2noc3ccccc23)C[C@H](O)C12CCC2. The number of aliphatic hydroxyl groups is 1. The number of benzene rings is 1. The number of nitrogens with zero attached hydrogens (tertiary/aromatic N) is 1. The largest absolute Gasteiger partial charge is 0.392 e. The van der Waals surface area contributed by atoms with Crippen molar-refractivity contribution in [2.24, 2.45) is 11.1 Å². The summed E-state index contributed by atoms with van der Waals surface area (Å²) in [6.07, 6.45) is 3.22. The molecule has 4 N–H and O–H groups in total. The molecule has 2 aromatic rings. The van der Waals surface area contributed by atoms with E-state index < -0.39 is 17.1 Å². The highest BCUT2D eigenvalue weighted by atomic mass is 16.5. The van der Waals surface area contributed by atoms with Gasteiger partial charge in [0.05, 0.1) is 11.8 Å². The van der Waals surface area contributed by atoms with Gasteiger partial charge in [0.1, 0.15) is 5.54 Å². The van der Waals surface area contributed by atoms with Gasteiger partial charge in [-0.2, -0.15) is 0 Å². The molecule has 0 saturated heterocycles. The number of amides is 1. The second-order valence-electron chi connectivity index (χ2n) is 6.83. The lowest BCUT2D eigenvalue weighted by molar-refractivity contribution is -0.192. The lowest BCUT2D eigenvalue weighted by atomic mass is 9.44. The van der Waals surface area contributed by atoms with Gasteiger partial charge in [0.2, 0.25) is 5.91 Å². The van der Waals surface area contributed by atoms with Crippen LogP contribution in [0.2, 0.25) is 0 Å². The standard InChI is InChI=1S/C17H21N3O3/c18-17(10-14(21)16(17)7-3-8-16)15(22)19-9-6-12-11-4-1-2-5-13(11)23-20-12/h1-2,4-5,14,21H,3,6-10,18H2,(H,19,22)/t14-,17-/m0/s1. The molecule has 2 aliphatic carbocycles. The highest BCUT2D eigenvalue weighted by molar-refractivity contribution is 5.89. The molecular formula is C17H21N3O3. The molecule has 6 heteroatoms. The first kappa shape index (κ1) is 14.7. The van der Waals surface area contributed by atoms with E-state index in [0.717, 1.165) is 35.9 Å². The maximum atomic E-state index is 12.5. The predicted molar refractivity (Wildman–Crippen MR) is 84.5 cm³/mol. The molecule has 2 fully saturated rings. The van der Waals surface area contributed by atoms with Gasteiger partial charge in [-0.25, -0.2) is 0 Å². The van der Waals surface area contributed by atoms with Crippen molar-refractivity contribution in [3.63, 3.8) is 0 Å². The molecule has 1 aromatic carbocycles. The minimum Gasteiger partial charge on any atom is -0.392 e. The zero-order chi connectivity index (χ0) is 16.1. The summed E-state index contributed by atoms with van der Waals surface area (Å²) < 4.78 is 5.26. The van der Waals surface area contributed by atoms with E-state index >= 15 is 0 Å². The number of carbonyl (C=O) groups excluding carboxylic acids is 1.